The number of nitrogens with zero attached hydrogens (tertiary/aromatic N) is 3. The third-order valence-corrected chi connectivity index (χ3v) is 4.81. The third kappa shape index (κ3) is 3.52. The van der Waals surface area contributed by atoms with Crippen LogP contribution in [0.5, 0.6) is 0 Å². The zero-order valence-corrected chi connectivity index (χ0v) is 15.9. The maximum absolute atomic E-state index is 12.5. The number of carbonyl (C=O) groups excluding carboxylic acids is 1. The molecule has 1 aromatic carbocycles. The first-order chi connectivity index (χ1) is 12.4. The predicted molar refractivity (Wildman–Crippen MR) is 103 cm³/mol. The number of aromatic nitrogens is 3. The zero-order valence-electron chi connectivity index (χ0n) is 15.9. The average Bonchev–Trinajstić information content (AvgIpc) is 2.89. The van der Waals surface area contributed by atoms with Crippen LogP contribution in [0.25, 0.3) is 5.82 Å². The van der Waals surface area contributed by atoms with Gasteiger partial charge in [-0.25, -0.2) is 9.67 Å². The van der Waals surface area contributed by atoms with Crippen molar-refractivity contribution in [2.45, 2.75) is 40.7 Å². The SMILES string of the molecule is Cc1ccc([C@@H](C)NC(=O)c2ccc(-n3nc(C)c(C)c3C)nc2)cc1. The summed E-state index contributed by atoms with van der Waals surface area (Å²) in [7, 11) is 0. The molecule has 0 aliphatic heterocycles. The van der Waals surface area contributed by atoms with Crippen molar-refractivity contribution in [1.82, 2.24) is 20.1 Å². The minimum Gasteiger partial charge on any atom is -0.345 e. The molecule has 0 bridgehead atoms. The van der Waals surface area contributed by atoms with Crippen molar-refractivity contribution in [2.24, 2.45) is 0 Å². The Labute approximate surface area is 154 Å². The third-order valence-electron chi connectivity index (χ3n) is 4.81. The summed E-state index contributed by atoms with van der Waals surface area (Å²) in [5, 5.41) is 7.52. The van der Waals surface area contributed by atoms with E-state index in [9.17, 15) is 4.79 Å². The van der Waals surface area contributed by atoms with Gasteiger partial charge in [-0.3, -0.25) is 4.79 Å². The number of nitrogens with one attached hydrogen (secondary N) is 1. The number of aryl methyl sites for hydroxylation is 2. The fourth-order valence-corrected chi connectivity index (χ4v) is 2.81. The molecular weight excluding hydrogens is 324 g/mol. The average molecular weight is 348 g/mol. The van der Waals surface area contributed by atoms with Crippen molar-refractivity contribution in [2.75, 3.05) is 0 Å². The largest absolute Gasteiger partial charge is 0.345 e. The lowest BCUT2D eigenvalue weighted by Crippen LogP contribution is -2.26. The number of amides is 1. The lowest BCUT2D eigenvalue weighted by atomic mass is 10.1. The van der Waals surface area contributed by atoms with E-state index >= 15 is 0 Å². The highest BCUT2D eigenvalue weighted by molar-refractivity contribution is 5.94. The van der Waals surface area contributed by atoms with E-state index < -0.39 is 0 Å². The summed E-state index contributed by atoms with van der Waals surface area (Å²) in [6.45, 7) is 10.1. The maximum atomic E-state index is 12.5. The highest BCUT2D eigenvalue weighted by atomic mass is 16.1. The van der Waals surface area contributed by atoms with Gasteiger partial charge in [0.15, 0.2) is 5.82 Å². The van der Waals surface area contributed by atoms with Crippen molar-refractivity contribution in [1.29, 1.82) is 0 Å². The van der Waals surface area contributed by atoms with Gasteiger partial charge in [-0.05, 0) is 57.9 Å². The first-order valence-electron chi connectivity index (χ1n) is 8.73. The van der Waals surface area contributed by atoms with Gasteiger partial charge in [0.1, 0.15) is 0 Å². The normalized spacial score (nSPS) is 12.0. The Balaban J connectivity index is 1.74. The first kappa shape index (κ1) is 17.9. The number of hydrogen-bond acceptors (Lipinski definition) is 3. The van der Waals surface area contributed by atoms with E-state index in [-0.39, 0.29) is 11.9 Å². The van der Waals surface area contributed by atoms with Crippen molar-refractivity contribution in [3.63, 3.8) is 0 Å². The fraction of sp³-hybridized carbons (Fsp3) is 0.286. The Bertz CT molecular complexity index is 924. The summed E-state index contributed by atoms with van der Waals surface area (Å²) in [6, 6.07) is 11.7. The molecule has 1 N–H and O–H groups in total. The second-order valence-corrected chi connectivity index (χ2v) is 6.72. The van der Waals surface area contributed by atoms with Crippen LogP contribution in [0.1, 0.15) is 51.4 Å². The van der Waals surface area contributed by atoms with E-state index in [1.54, 1.807) is 16.9 Å². The van der Waals surface area contributed by atoms with Crippen LogP contribution < -0.4 is 5.32 Å². The standard InChI is InChI=1S/C21H24N4O/c1-13-6-8-18(9-7-13)16(4)23-21(26)19-10-11-20(22-12-19)25-17(5)14(2)15(3)24-25/h6-12,16H,1-5H3,(H,23,26)/t16-/m1/s1. The summed E-state index contributed by atoms with van der Waals surface area (Å²) in [4.78, 5) is 16.9. The number of hydrogen-bond donors (Lipinski definition) is 1. The number of pyridine rings is 1. The Hall–Kier alpha value is -2.95. The summed E-state index contributed by atoms with van der Waals surface area (Å²) < 4.78 is 1.81. The molecular formula is C21H24N4O. The summed E-state index contributed by atoms with van der Waals surface area (Å²) in [6.07, 6.45) is 1.60. The van der Waals surface area contributed by atoms with E-state index in [2.05, 4.69) is 15.4 Å². The Morgan fingerprint density at radius 3 is 2.27 bits per heavy atom. The molecule has 1 atom stereocenters. The van der Waals surface area contributed by atoms with Crippen LogP contribution in [0.2, 0.25) is 0 Å². The molecule has 5 heteroatoms. The molecule has 0 radical (unpaired) electrons. The summed E-state index contributed by atoms with van der Waals surface area (Å²) >= 11 is 0. The topological polar surface area (TPSA) is 59.8 Å². The molecule has 0 fully saturated rings. The molecule has 3 aromatic rings. The minimum absolute atomic E-state index is 0.0681. The Kier molecular flexibility index (Phi) is 4.89. The lowest BCUT2D eigenvalue weighted by molar-refractivity contribution is 0.0939. The highest BCUT2D eigenvalue weighted by Gasteiger charge is 2.14. The molecule has 3 rings (SSSR count). The molecule has 2 aromatic heterocycles. The number of rotatable bonds is 4. The molecule has 0 unspecified atom stereocenters. The van der Waals surface area contributed by atoms with Gasteiger partial charge in [-0.2, -0.15) is 5.10 Å². The van der Waals surface area contributed by atoms with Gasteiger partial charge < -0.3 is 5.32 Å². The molecule has 0 aliphatic carbocycles. The van der Waals surface area contributed by atoms with Crippen LogP contribution in [0.3, 0.4) is 0 Å². The molecule has 0 saturated heterocycles. The van der Waals surface area contributed by atoms with Gasteiger partial charge in [0.2, 0.25) is 0 Å². The summed E-state index contributed by atoms with van der Waals surface area (Å²) in [5.41, 5.74) is 6.00. The van der Waals surface area contributed by atoms with Crippen LogP contribution in [-0.4, -0.2) is 20.7 Å². The molecule has 26 heavy (non-hydrogen) atoms. The van der Waals surface area contributed by atoms with E-state index in [4.69, 9.17) is 0 Å². The van der Waals surface area contributed by atoms with Gasteiger partial charge in [-0.15, -0.1) is 0 Å². The predicted octanol–water partition coefficient (Wildman–Crippen LogP) is 3.99. The quantitative estimate of drug-likeness (QED) is 0.775. The van der Waals surface area contributed by atoms with Crippen LogP contribution in [0, 0.1) is 27.7 Å². The second-order valence-electron chi connectivity index (χ2n) is 6.72. The van der Waals surface area contributed by atoms with Gasteiger partial charge in [0.05, 0.1) is 17.3 Å². The van der Waals surface area contributed by atoms with Gasteiger partial charge in [-0.1, -0.05) is 29.8 Å². The molecule has 134 valence electrons. The van der Waals surface area contributed by atoms with Crippen LogP contribution in [0.15, 0.2) is 42.6 Å². The Morgan fingerprint density at radius 2 is 1.73 bits per heavy atom. The lowest BCUT2D eigenvalue weighted by Gasteiger charge is -2.14. The van der Waals surface area contributed by atoms with Crippen molar-refractivity contribution >= 4 is 5.91 Å². The molecule has 0 spiro atoms. The second kappa shape index (κ2) is 7.12. The molecule has 0 aliphatic rings. The van der Waals surface area contributed by atoms with E-state index in [1.165, 1.54) is 5.56 Å². The van der Waals surface area contributed by atoms with E-state index in [1.807, 2.05) is 65.0 Å². The summed E-state index contributed by atoms with van der Waals surface area (Å²) in [5.74, 6) is 0.573. The van der Waals surface area contributed by atoms with Gasteiger partial charge >= 0.3 is 0 Å². The molecule has 0 saturated carbocycles. The van der Waals surface area contributed by atoms with Crippen molar-refractivity contribution < 1.29 is 4.79 Å². The first-order valence-corrected chi connectivity index (χ1v) is 8.73. The zero-order chi connectivity index (χ0) is 18.8. The number of benzene rings is 1. The van der Waals surface area contributed by atoms with Crippen molar-refractivity contribution in [3.8, 4) is 5.82 Å². The smallest absolute Gasteiger partial charge is 0.253 e. The van der Waals surface area contributed by atoms with Crippen molar-refractivity contribution in [3.05, 3.63) is 76.2 Å². The van der Waals surface area contributed by atoms with E-state index in [0.29, 0.717) is 11.4 Å². The fourth-order valence-electron chi connectivity index (χ4n) is 2.81. The Morgan fingerprint density at radius 1 is 1.04 bits per heavy atom. The van der Waals surface area contributed by atoms with Crippen LogP contribution in [0.4, 0.5) is 0 Å². The van der Waals surface area contributed by atoms with Gasteiger partial charge in [0, 0.05) is 11.9 Å². The number of carbonyl (C=O) groups is 1. The molecule has 5 nitrogen and oxygen atoms in total. The van der Waals surface area contributed by atoms with Gasteiger partial charge in [0.25, 0.3) is 5.91 Å². The minimum atomic E-state index is -0.137. The highest BCUT2D eigenvalue weighted by Crippen LogP contribution is 2.17. The molecule has 2 heterocycles. The monoisotopic (exact) mass is 348 g/mol. The maximum Gasteiger partial charge on any atom is 0.253 e. The van der Waals surface area contributed by atoms with Crippen LogP contribution >= 0.6 is 0 Å². The van der Waals surface area contributed by atoms with Crippen LogP contribution in [-0.2, 0) is 0 Å². The van der Waals surface area contributed by atoms with E-state index in [0.717, 1.165) is 22.5 Å². The molecule has 1 amide bonds.